The van der Waals surface area contributed by atoms with Gasteiger partial charge < -0.3 is 20.3 Å². The summed E-state index contributed by atoms with van der Waals surface area (Å²) in [6.45, 7) is 7.57. The molecule has 2 aromatic rings. The van der Waals surface area contributed by atoms with E-state index in [1.807, 2.05) is 18.2 Å². The topological polar surface area (TPSA) is 73.9 Å². The molecule has 0 aliphatic carbocycles. The molecule has 2 aliphatic rings. The number of aryl methyl sites for hydroxylation is 1. The molecule has 0 aromatic heterocycles. The summed E-state index contributed by atoms with van der Waals surface area (Å²) in [5.74, 6) is 0. The summed E-state index contributed by atoms with van der Waals surface area (Å²) in [6.07, 6.45) is 3.46. The van der Waals surface area contributed by atoms with Crippen molar-refractivity contribution in [3.05, 3.63) is 47.5 Å². The minimum absolute atomic E-state index is 0.266. The molecular formula is C24H32N4O3S2. The number of hydrogen-bond acceptors (Lipinski definition) is 5. The van der Waals surface area contributed by atoms with Gasteiger partial charge in [-0.2, -0.15) is 4.31 Å². The van der Waals surface area contributed by atoms with Gasteiger partial charge in [-0.1, -0.05) is 12.1 Å². The van der Waals surface area contributed by atoms with Gasteiger partial charge in [0.1, 0.15) is 0 Å². The molecule has 0 amide bonds. The van der Waals surface area contributed by atoms with Crippen LogP contribution in [0.5, 0.6) is 0 Å². The average Bonchev–Trinajstić information content (AvgIpc) is 2.83. The predicted molar refractivity (Wildman–Crippen MR) is 138 cm³/mol. The number of piperidine rings is 1. The smallest absolute Gasteiger partial charge is 0.243 e. The number of nitrogens with one attached hydrogen (secondary N) is 2. The van der Waals surface area contributed by atoms with Gasteiger partial charge in [0.25, 0.3) is 0 Å². The second-order valence-corrected chi connectivity index (χ2v) is 10.9. The van der Waals surface area contributed by atoms with E-state index in [-0.39, 0.29) is 4.90 Å². The quantitative estimate of drug-likeness (QED) is 0.613. The number of morpholine rings is 1. The third-order valence-electron chi connectivity index (χ3n) is 6.37. The van der Waals surface area contributed by atoms with Crippen molar-refractivity contribution in [1.29, 1.82) is 0 Å². The molecule has 9 heteroatoms. The summed E-state index contributed by atoms with van der Waals surface area (Å²) in [6, 6.07) is 11.4. The van der Waals surface area contributed by atoms with Crippen molar-refractivity contribution in [3.63, 3.8) is 0 Å². The highest BCUT2D eigenvalue weighted by molar-refractivity contribution is 7.89. The summed E-state index contributed by atoms with van der Waals surface area (Å²) < 4.78 is 33.4. The van der Waals surface area contributed by atoms with Crippen LogP contribution < -0.4 is 15.5 Å². The van der Waals surface area contributed by atoms with Crippen molar-refractivity contribution in [2.45, 2.75) is 38.0 Å². The van der Waals surface area contributed by atoms with Crippen LogP contribution in [0.4, 0.5) is 17.1 Å². The van der Waals surface area contributed by atoms with Gasteiger partial charge in [-0.3, -0.25) is 0 Å². The van der Waals surface area contributed by atoms with E-state index in [0.717, 1.165) is 42.9 Å². The van der Waals surface area contributed by atoms with E-state index in [0.29, 0.717) is 37.1 Å². The van der Waals surface area contributed by atoms with Gasteiger partial charge >= 0.3 is 0 Å². The molecule has 2 fully saturated rings. The van der Waals surface area contributed by atoms with Gasteiger partial charge in [0.15, 0.2) is 5.11 Å². The minimum atomic E-state index is -3.61. The molecule has 4 rings (SSSR count). The molecular weight excluding hydrogens is 456 g/mol. The van der Waals surface area contributed by atoms with Crippen LogP contribution in [0.25, 0.3) is 0 Å². The van der Waals surface area contributed by atoms with E-state index < -0.39 is 10.0 Å². The van der Waals surface area contributed by atoms with Gasteiger partial charge in [0, 0.05) is 31.9 Å². The van der Waals surface area contributed by atoms with Crippen LogP contribution in [0.1, 0.15) is 30.4 Å². The van der Waals surface area contributed by atoms with E-state index in [9.17, 15) is 8.42 Å². The van der Waals surface area contributed by atoms with Crippen LogP contribution in [0, 0.1) is 13.8 Å². The maximum Gasteiger partial charge on any atom is 0.243 e. The second-order valence-electron chi connectivity index (χ2n) is 8.57. The van der Waals surface area contributed by atoms with Gasteiger partial charge in [0.05, 0.1) is 29.5 Å². The van der Waals surface area contributed by atoms with Crippen molar-refractivity contribution in [3.8, 4) is 0 Å². The van der Waals surface area contributed by atoms with Crippen LogP contribution >= 0.6 is 12.2 Å². The molecule has 2 aromatic carbocycles. The number of benzene rings is 2. The molecule has 0 radical (unpaired) electrons. The van der Waals surface area contributed by atoms with Crippen molar-refractivity contribution < 1.29 is 13.2 Å². The van der Waals surface area contributed by atoms with Crippen LogP contribution in [0.3, 0.4) is 0 Å². The number of ether oxygens (including phenoxy) is 1. The normalized spacial score (nSPS) is 17.6. The molecule has 0 saturated carbocycles. The molecule has 2 N–H and O–H groups in total. The van der Waals surface area contributed by atoms with Crippen LogP contribution in [-0.2, 0) is 14.8 Å². The Morgan fingerprint density at radius 3 is 2.36 bits per heavy atom. The number of sulfonamides is 1. The molecule has 2 saturated heterocycles. The summed E-state index contributed by atoms with van der Waals surface area (Å²) in [5.41, 5.74) is 4.91. The first-order valence-corrected chi connectivity index (χ1v) is 13.3. The number of hydrogen-bond donors (Lipinski definition) is 2. The van der Waals surface area contributed by atoms with Crippen LogP contribution in [0.15, 0.2) is 41.3 Å². The molecule has 0 atom stereocenters. The summed E-state index contributed by atoms with van der Waals surface area (Å²) in [4.78, 5) is 2.57. The minimum Gasteiger partial charge on any atom is -0.379 e. The third-order valence-corrected chi connectivity index (χ3v) is 8.47. The van der Waals surface area contributed by atoms with E-state index in [2.05, 4.69) is 35.4 Å². The first-order valence-electron chi connectivity index (χ1n) is 11.5. The fraction of sp³-hybridized carbons (Fsp3) is 0.458. The van der Waals surface area contributed by atoms with E-state index >= 15 is 0 Å². The Hall–Kier alpha value is -2.20. The summed E-state index contributed by atoms with van der Waals surface area (Å²) in [5, 5.41) is 7.00. The first-order chi connectivity index (χ1) is 15.9. The van der Waals surface area contributed by atoms with Gasteiger partial charge in [-0.25, -0.2) is 8.42 Å². The standard InChI is InChI=1S/C24H32N4O3S2/c1-18-7-6-8-21(19(18)2)25-24(32)26-22-17-20(33(29,30)28-13-15-31-16-14-28)9-10-23(22)27-11-4-3-5-12-27/h6-10,17H,3-5,11-16H2,1-2H3,(H2,25,26,32). The van der Waals surface area contributed by atoms with Crippen molar-refractivity contribution in [2.24, 2.45) is 0 Å². The average molecular weight is 489 g/mol. The van der Waals surface area contributed by atoms with E-state index in [1.54, 1.807) is 12.1 Å². The number of nitrogens with zero attached hydrogens (tertiary/aromatic N) is 2. The zero-order valence-corrected chi connectivity index (χ0v) is 20.9. The van der Waals surface area contributed by atoms with Crippen LogP contribution in [-0.4, -0.2) is 57.2 Å². The SMILES string of the molecule is Cc1cccc(NC(=S)Nc2cc(S(=O)(=O)N3CCOCC3)ccc2N2CCCCC2)c1C. The van der Waals surface area contributed by atoms with Crippen molar-refractivity contribution in [1.82, 2.24) is 4.31 Å². The Balaban J connectivity index is 1.63. The molecule has 33 heavy (non-hydrogen) atoms. The summed E-state index contributed by atoms with van der Waals surface area (Å²) in [7, 11) is -3.61. The lowest BCUT2D eigenvalue weighted by Crippen LogP contribution is -2.40. The lowest BCUT2D eigenvalue weighted by molar-refractivity contribution is 0.0730. The highest BCUT2D eigenvalue weighted by Crippen LogP contribution is 2.32. The van der Waals surface area contributed by atoms with Crippen LogP contribution in [0.2, 0.25) is 0 Å². The van der Waals surface area contributed by atoms with Gasteiger partial charge in [0.2, 0.25) is 10.0 Å². The van der Waals surface area contributed by atoms with Gasteiger partial charge in [-0.15, -0.1) is 0 Å². The first kappa shape index (κ1) is 23.9. The Labute approximate surface area is 202 Å². The fourth-order valence-electron chi connectivity index (χ4n) is 4.28. The molecule has 178 valence electrons. The van der Waals surface area contributed by atoms with Crippen molar-refractivity contribution >= 4 is 44.4 Å². The van der Waals surface area contributed by atoms with E-state index in [1.165, 1.54) is 16.3 Å². The monoisotopic (exact) mass is 488 g/mol. The lowest BCUT2D eigenvalue weighted by atomic mass is 10.1. The van der Waals surface area contributed by atoms with E-state index in [4.69, 9.17) is 17.0 Å². The maximum absolute atomic E-state index is 13.3. The lowest BCUT2D eigenvalue weighted by Gasteiger charge is -2.31. The largest absolute Gasteiger partial charge is 0.379 e. The predicted octanol–water partition coefficient (Wildman–Crippen LogP) is 4.12. The Morgan fingerprint density at radius 2 is 1.64 bits per heavy atom. The fourth-order valence-corrected chi connectivity index (χ4v) is 5.94. The molecule has 0 spiro atoms. The number of rotatable bonds is 5. The number of thiocarbonyl (C=S) groups is 1. The molecule has 2 aliphatic heterocycles. The molecule has 0 bridgehead atoms. The number of anilines is 3. The highest BCUT2D eigenvalue weighted by atomic mass is 32.2. The Kier molecular flexibility index (Phi) is 7.53. The molecule has 2 heterocycles. The summed E-state index contributed by atoms with van der Waals surface area (Å²) >= 11 is 5.63. The molecule has 0 unspecified atom stereocenters. The zero-order valence-electron chi connectivity index (χ0n) is 19.3. The Bertz CT molecular complexity index is 1110. The van der Waals surface area contributed by atoms with Gasteiger partial charge in [-0.05, 0) is 80.7 Å². The second kappa shape index (κ2) is 10.4. The third kappa shape index (κ3) is 5.48. The zero-order chi connectivity index (χ0) is 23.4. The highest BCUT2D eigenvalue weighted by Gasteiger charge is 2.28. The van der Waals surface area contributed by atoms with Crippen molar-refractivity contribution in [2.75, 3.05) is 54.9 Å². The molecule has 7 nitrogen and oxygen atoms in total. The Morgan fingerprint density at radius 1 is 0.939 bits per heavy atom. The maximum atomic E-state index is 13.3.